The highest BCUT2D eigenvalue weighted by molar-refractivity contribution is 6.25. The summed E-state index contributed by atoms with van der Waals surface area (Å²) in [5, 5.41) is 4.60. The molecule has 0 spiro atoms. The smallest absolute Gasteiger partial charge is 0.145 e. The summed E-state index contributed by atoms with van der Waals surface area (Å²) in [6.45, 7) is 6.74. The largest absolute Gasteiger partial charge is 0.292 e. The lowest BCUT2D eigenvalue weighted by atomic mass is 9.87. The number of rotatable bonds is 4. The van der Waals surface area contributed by atoms with Crippen molar-refractivity contribution in [2.24, 2.45) is 0 Å². The molecular weight excluding hydrogens is 550 g/mol. The van der Waals surface area contributed by atoms with Crippen LogP contribution in [0.4, 0.5) is 0 Å². The topological polar surface area (TPSA) is 56.5 Å². The van der Waals surface area contributed by atoms with Gasteiger partial charge in [0.25, 0.3) is 0 Å². The van der Waals surface area contributed by atoms with Gasteiger partial charge < -0.3 is 0 Å². The molecule has 0 bridgehead atoms. The second-order valence-corrected chi connectivity index (χ2v) is 12.5. The van der Waals surface area contributed by atoms with Crippen molar-refractivity contribution in [1.29, 1.82) is 0 Å². The Morgan fingerprint density at radius 3 is 1.49 bits per heavy atom. The lowest BCUT2D eigenvalue weighted by Gasteiger charge is -2.20. The quantitative estimate of drug-likeness (QED) is 0.194. The van der Waals surface area contributed by atoms with Crippen LogP contribution in [-0.2, 0) is 5.41 Å². The molecule has 4 aromatic heterocycles. The normalized spacial score (nSPS) is 11.9. The Morgan fingerprint density at radius 2 is 0.956 bits per heavy atom. The Morgan fingerprint density at radius 1 is 0.467 bits per heavy atom. The van der Waals surface area contributed by atoms with Crippen molar-refractivity contribution in [3.8, 4) is 39.3 Å². The standard InChI is InChI=1S/C40H31N5/c1-40(2,3)31-6-8-32(9-7-31)45-38-34-11-5-30(27-14-20-42-21-15-27)25-36(34)35-24-29(26-12-18-41-19-13-26)4-10-33(35)37(38)44-39(45)28-16-22-43-23-17-28/h4-25H,1-3H3. The monoisotopic (exact) mass is 581 g/mol. The summed E-state index contributed by atoms with van der Waals surface area (Å²) in [5.74, 6) is 0.890. The van der Waals surface area contributed by atoms with E-state index in [0.717, 1.165) is 66.5 Å². The second-order valence-electron chi connectivity index (χ2n) is 12.5. The van der Waals surface area contributed by atoms with E-state index >= 15 is 0 Å². The number of fused-ring (bicyclic) bond motifs is 6. The van der Waals surface area contributed by atoms with Gasteiger partial charge >= 0.3 is 0 Å². The van der Waals surface area contributed by atoms with Crippen LogP contribution in [0.2, 0.25) is 0 Å². The highest BCUT2D eigenvalue weighted by Crippen LogP contribution is 2.42. The zero-order valence-electron chi connectivity index (χ0n) is 25.4. The Labute approximate surface area is 261 Å². The first-order valence-electron chi connectivity index (χ1n) is 15.2. The Bertz CT molecular complexity index is 2320. The number of aromatic nitrogens is 5. The van der Waals surface area contributed by atoms with Crippen molar-refractivity contribution in [2.45, 2.75) is 26.2 Å². The fourth-order valence-corrected chi connectivity index (χ4v) is 6.31. The minimum absolute atomic E-state index is 0.0578. The van der Waals surface area contributed by atoms with Gasteiger partial charge in [-0.15, -0.1) is 0 Å². The maximum Gasteiger partial charge on any atom is 0.145 e. The molecule has 5 nitrogen and oxygen atoms in total. The van der Waals surface area contributed by atoms with E-state index in [1.807, 2.05) is 49.3 Å². The van der Waals surface area contributed by atoms with E-state index in [2.05, 4.69) is 125 Å². The zero-order chi connectivity index (χ0) is 30.5. The van der Waals surface area contributed by atoms with Crippen LogP contribution in [0.3, 0.4) is 0 Å². The minimum Gasteiger partial charge on any atom is -0.292 e. The first-order valence-corrected chi connectivity index (χ1v) is 15.2. The molecule has 0 saturated heterocycles. The van der Waals surface area contributed by atoms with E-state index in [9.17, 15) is 0 Å². The van der Waals surface area contributed by atoms with E-state index in [4.69, 9.17) is 4.98 Å². The summed E-state index contributed by atoms with van der Waals surface area (Å²) in [4.78, 5) is 18.2. The van der Waals surface area contributed by atoms with E-state index in [0.29, 0.717) is 0 Å². The van der Waals surface area contributed by atoms with Crippen LogP contribution >= 0.6 is 0 Å². The molecule has 5 heteroatoms. The maximum absolute atomic E-state index is 5.41. The molecule has 216 valence electrons. The average Bonchev–Trinajstić information content (AvgIpc) is 3.50. The lowest BCUT2D eigenvalue weighted by Crippen LogP contribution is -2.11. The van der Waals surface area contributed by atoms with Crippen molar-refractivity contribution in [2.75, 3.05) is 0 Å². The van der Waals surface area contributed by atoms with Gasteiger partial charge in [-0.3, -0.25) is 19.5 Å². The molecule has 0 saturated carbocycles. The van der Waals surface area contributed by atoms with Crippen LogP contribution < -0.4 is 0 Å². The van der Waals surface area contributed by atoms with Crippen molar-refractivity contribution in [3.05, 3.63) is 140 Å². The molecule has 0 aliphatic carbocycles. The highest BCUT2D eigenvalue weighted by Gasteiger charge is 2.22. The molecule has 0 atom stereocenters. The summed E-state index contributed by atoms with van der Waals surface area (Å²) < 4.78 is 2.32. The number of hydrogen-bond acceptors (Lipinski definition) is 4. The van der Waals surface area contributed by atoms with Crippen LogP contribution in [0.5, 0.6) is 0 Å². The predicted molar refractivity (Wildman–Crippen MR) is 184 cm³/mol. The Balaban J connectivity index is 1.50. The number of nitrogens with zero attached hydrogens (tertiary/aromatic N) is 5. The summed E-state index contributed by atoms with van der Waals surface area (Å²) in [7, 11) is 0. The van der Waals surface area contributed by atoms with Gasteiger partial charge in [-0.25, -0.2) is 4.98 Å². The van der Waals surface area contributed by atoms with Gasteiger partial charge in [0.15, 0.2) is 0 Å². The van der Waals surface area contributed by atoms with E-state index < -0.39 is 0 Å². The third kappa shape index (κ3) is 4.64. The predicted octanol–water partition coefficient (Wildman–Crippen LogP) is 9.82. The SMILES string of the molecule is CC(C)(C)c1ccc(-n2c(-c3ccncc3)nc3c4ccc(-c5ccncc5)cc4c4cc(-c5ccncc5)ccc4c32)cc1. The zero-order valence-corrected chi connectivity index (χ0v) is 25.4. The second kappa shape index (κ2) is 10.5. The summed E-state index contributed by atoms with van der Waals surface area (Å²) >= 11 is 0. The highest BCUT2D eigenvalue weighted by atomic mass is 15.1. The molecule has 4 aromatic carbocycles. The molecule has 0 aliphatic heterocycles. The van der Waals surface area contributed by atoms with Gasteiger partial charge in [0, 0.05) is 59.2 Å². The van der Waals surface area contributed by atoms with Gasteiger partial charge in [-0.05, 0) is 105 Å². The van der Waals surface area contributed by atoms with Crippen LogP contribution in [0, 0.1) is 0 Å². The molecule has 0 N–H and O–H groups in total. The fourth-order valence-electron chi connectivity index (χ4n) is 6.31. The van der Waals surface area contributed by atoms with Crippen molar-refractivity contribution >= 4 is 32.6 Å². The minimum atomic E-state index is 0.0578. The molecule has 8 rings (SSSR count). The van der Waals surface area contributed by atoms with E-state index in [1.54, 1.807) is 0 Å². The summed E-state index contributed by atoms with van der Waals surface area (Å²) in [6.07, 6.45) is 11.0. The van der Waals surface area contributed by atoms with Gasteiger partial charge in [0.05, 0.1) is 11.0 Å². The average molecular weight is 582 g/mol. The van der Waals surface area contributed by atoms with Gasteiger partial charge in [0.2, 0.25) is 0 Å². The first kappa shape index (κ1) is 26.9. The molecule has 0 aliphatic rings. The van der Waals surface area contributed by atoms with Crippen molar-refractivity contribution in [1.82, 2.24) is 24.5 Å². The van der Waals surface area contributed by atoms with Gasteiger partial charge in [0.1, 0.15) is 5.82 Å². The van der Waals surface area contributed by atoms with E-state index in [-0.39, 0.29) is 5.41 Å². The molecular formula is C40H31N5. The lowest BCUT2D eigenvalue weighted by molar-refractivity contribution is 0.590. The Kier molecular flexibility index (Phi) is 6.27. The van der Waals surface area contributed by atoms with Crippen LogP contribution in [0.15, 0.2) is 134 Å². The molecule has 0 radical (unpaired) electrons. The molecule has 4 heterocycles. The number of hydrogen-bond donors (Lipinski definition) is 0. The van der Waals surface area contributed by atoms with Crippen LogP contribution in [0.1, 0.15) is 26.3 Å². The molecule has 0 amide bonds. The molecule has 8 aromatic rings. The first-order chi connectivity index (χ1) is 22.0. The van der Waals surface area contributed by atoms with Crippen LogP contribution in [0.25, 0.3) is 71.9 Å². The van der Waals surface area contributed by atoms with Crippen molar-refractivity contribution < 1.29 is 0 Å². The third-order valence-corrected chi connectivity index (χ3v) is 8.67. The molecule has 45 heavy (non-hydrogen) atoms. The van der Waals surface area contributed by atoms with Crippen LogP contribution in [-0.4, -0.2) is 24.5 Å². The Hall–Kier alpha value is -5.68. The number of benzene rings is 4. The summed E-state index contributed by atoms with van der Waals surface area (Å²) in [6, 6.07) is 34.7. The summed E-state index contributed by atoms with van der Waals surface area (Å²) in [5.41, 5.74) is 10.1. The number of imidazole rings is 1. The number of pyridine rings is 3. The van der Waals surface area contributed by atoms with E-state index in [1.165, 1.54) is 10.9 Å². The third-order valence-electron chi connectivity index (χ3n) is 8.67. The molecule has 0 unspecified atom stereocenters. The molecule has 0 fully saturated rings. The van der Waals surface area contributed by atoms with Crippen molar-refractivity contribution in [3.63, 3.8) is 0 Å². The fraction of sp³-hybridized carbons (Fsp3) is 0.100. The maximum atomic E-state index is 5.41. The van der Waals surface area contributed by atoms with Gasteiger partial charge in [-0.1, -0.05) is 57.2 Å². The van der Waals surface area contributed by atoms with Gasteiger partial charge in [-0.2, -0.15) is 0 Å².